The van der Waals surface area contributed by atoms with Crippen LogP contribution in [0.1, 0.15) is 45.9 Å². The summed E-state index contributed by atoms with van der Waals surface area (Å²) in [5.74, 6) is -2.76. The molecule has 2 aliphatic rings. The van der Waals surface area contributed by atoms with E-state index in [0.29, 0.717) is 6.61 Å². The van der Waals surface area contributed by atoms with E-state index in [4.69, 9.17) is 19.0 Å². The van der Waals surface area contributed by atoms with Gasteiger partial charge in [0.2, 0.25) is 11.5 Å². The number of thiazole rings is 1. The fraction of sp³-hybridized carbons (Fsp3) is 0.483. The average Bonchev–Trinajstić information content (AvgIpc) is 3.56. The third-order valence-corrected chi connectivity index (χ3v) is 7.29. The van der Waals surface area contributed by atoms with Gasteiger partial charge in [0.1, 0.15) is 23.4 Å². The molecule has 1 aromatic carbocycles. The van der Waals surface area contributed by atoms with Crippen molar-refractivity contribution in [3.05, 3.63) is 47.0 Å². The molecule has 2 saturated heterocycles. The molecular weight excluding hydrogens is 624 g/mol. The predicted molar refractivity (Wildman–Crippen MR) is 163 cm³/mol. The van der Waals surface area contributed by atoms with Gasteiger partial charge in [0.25, 0.3) is 5.91 Å². The number of anilines is 1. The lowest BCUT2D eigenvalue weighted by Crippen LogP contribution is -2.72. The van der Waals surface area contributed by atoms with E-state index in [0.717, 1.165) is 16.9 Å². The Labute approximate surface area is 268 Å². The van der Waals surface area contributed by atoms with Gasteiger partial charge in [-0.3, -0.25) is 14.9 Å². The van der Waals surface area contributed by atoms with Gasteiger partial charge in [-0.15, -0.1) is 11.3 Å². The van der Waals surface area contributed by atoms with E-state index in [1.807, 2.05) is 30.3 Å². The molecular formula is C29H36N6O10S. The lowest BCUT2D eigenvalue weighted by molar-refractivity contribution is -0.161. The minimum absolute atomic E-state index is 0.0420. The maximum absolute atomic E-state index is 13.4. The second kappa shape index (κ2) is 14.1. The van der Waals surface area contributed by atoms with Crippen LogP contribution in [0.25, 0.3) is 0 Å². The number of hydrogen-bond acceptors (Lipinski definition) is 12. The molecule has 0 spiro atoms. The summed E-state index contributed by atoms with van der Waals surface area (Å²) in [5.41, 5.74) is -2.11. The number of carboxylic acids is 1. The molecule has 17 heteroatoms. The van der Waals surface area contributed by atoms with Gasteiger partial charge in [0.05, 0.1) is 25.8 Å². The summed E-state index contributed by atoms with van der Waals surface area (Å²) in [6.45, 7) is 8.33. The number of β-lactam (4-membered cyclic amide) rings is 1. The third-order valence-electron chi connectivity index (χ3n) is 6.53. The van der Waals surface area contributed by atoms with Crippen LogP contribution in [-0.2, 0) is 40.0 Å². The summed E-state index contributed by atoms with van der Waals surface area (Å²) < 4.78 is 16.3. The number of aliphatic carboxylic acids is 1. The van der Waals surface area contributed by atoms with E-state index in [2.05, 4.69) is 26.1 Å². The first-order valence-corrected chi connectivity index (χ1v) is 15.1. The molecule has 0 bridgehead atoms. The van der Waals surface area contributed by atoms with Crippen LogP contribution in [0.2, 0.25) is 0 Å². The smallest absolute Gasteiger partial charge is 0.413 e. The molecule has 3 atom stereocenters. The van der Waals surface area contributed by atoms with Gasteiger partial charge in [-0.25, -0.2) is 19.4 Å². The Bertz CT molecular complexity index is 1490. The topological polar surface area (TPSA) is 207 Å². The second-order valence-corrected chi connectivity index (χ2v) is 12.8. The van der Waals surface area contributed by atoms with Crippen LogP contribution in [0.3, 0.4) is 0 Å². The number of benzene rings is 1. The largest absolute Gasteiger partial charge is 0.478 e. The number of rotatable bonds is 13. The zero-order valence-corrected chi connectivity index (χ0v) is 26.7. The van der Waals surface area contributed by atoms with Crippen molar-refractivity contribution in [3.8, 4) is 0 Å². The number of aromatic nitrogens is 1. The molecule has 46 heavy (non-hydrogen) atoms. The first-order valence-electron chi connectivity index (χ1n) is 14.3. The molecule has 16 nitrogen and oxygen atoms in total. The highest BCUT2D eigenvalue weighted by Gasteiger charge is 2.45. The Morgan fingerprint density at radius 3 is 2.54 bits per heavy atom. The molecule has 3 heterocycles. The van der Waals surface area contributed by atoms with E-state index in [-0.39, 0.29) is 30.5 Å². The van der Waals surface area contributed by atoms with Crippen molar-refractivity contribution >= 4 is 52.2 Å². The van der Waals surface area contributed by atoms with Gasteiger partial charge < -0.3 is 39.7 Å². The summed E-state index contributed by atoms with van der Waals surface area (Å²) >= 11 is 0.952. The van der Waals surface area contributed by atoms with Crippen LogP contribution in [0, 0.1) is 0 Å². The molecule has 4 amide bonds. The number of nitrogens with zero attached hydrogens (tertiary/aromatic N) is 3. The predicted octanol–water partition coefficient (Wildman–Crippen LogP) is 2.09. The lowest BCUT2D eigenvalue weighted by atomic mass is 9.98. The molecule has 248 valence electrons. The highest BCUT2D eigenvalue weighted by Crippen LogP contribution is 2.21. The number of cyclic esters (lactones) is 1. The molecule has 4 N–H and O–H groups in total. The molecule has 2 aliphatic heterocycles. The third kappa shape index (κ3) is 9.13. The summed E-state index contributed by atoms with van der Waals surface area (Å²) in [6, 6.07) is 7.81. The van der Waals surface area contributed by atoms with Crippen LogP contribution < -0.4 is 16.0 Å². The van der Waals surface area contributed by atoms with Crippen molar-refractivity contribution in [2.45, 2.75) is 70.6 Å². The Morgan fingerprint density at radius 2 is 1.89 bits per heavy atom. The van der Waals surface area contributed by atoms with Gasteiger partial charge in [-0.1, -0.05) is 35.5 Å². The van der Waals surface area contributed by atoms with Crippen molar-refractivity contribution in [2.75, 3.05) is 25.0 Å². The summed E-state index contributed by atoms with van der Waals surface area (Å²) in [6.07, 6.45) is -1.88. The maximum Gasteiger partial charge on any atom is 0.413 e. The van der Waals surface area contributed by atoms with Crippen LogP contribution in [0.4, 0.5) is 14.7 Å². The number of nitrogens with one attached hydrogen (secondary N) is 3. The summed E-state index contributed by atoms with van der Waals surface area (Å²) in [7, 11) is 0. The van der Waals surface area contributed by atoms with E-state index in [9.17, 15) is 29.1 Å². The highest BCUT2D eigenvalue weighted by molar-refractivity contribution is 7.14. The lowest BCUT2D eigenvalue weighted by Gasteiger charge is -2.38. The Hall–Kier alpha value is -4.77. The highest BCUT2D eigenvalue weighted by atomic mass is 32.1. The number of oxime groups is 1. The fourth-order valence-corrected chi connectivity index (χ4v) is 4.81. The minimum Gasteiger partial charge on any atom is -0.478 e. The van der Waals surface area contributed by atoms with Crippen molar-refractivity contribution in [3.63, 3.8) is 0 Å². The van der Waals surface area contributed by atoms with Gasteiger partial charge in [0, 0.05) is 11.9 Å². The van der Waals surface area contributed by atoms with E-state index in [1.165, 1.54) is 24.1 Å². The second-order valence-electron chi connectivity index (χ2n) is 12.0. The fourth-order valence-electron chi connectivity index (χ4n) is 4.13. The van der Waals surface area contributed by atoms with Crippen molar-refractivity contribution < 1.29 is 48.1 Å². The number of carbonyl (C=O) groups is 5. The number of carboxylic acid groups (broad SMARTS) is 1. The summed E-state index contributed by atoms with van der Waals surface area (Å²) in [5, 5.41) is 22.3. The molecule has 0 unspecified atom stereocenters. The maximum atomic E-state index is 13.4. The number of amides is 4. The molecule has 0 aliphatic carbocycles. The standard InChI is InChI=1S/C29H36N6O10S/c1-28(2,3)44-26(40)33-25-31-19(15-46-25)21(34-45-29(4,5)24(38)39)23(37)32-20-18(30-22(20)36)12-35-11-17(43-27(35)41)14-42-13-16-9-7-6-8-10-16/h6-10,15,17-18,20H,11-14H2,1-5H3,(H,30,36)(H,32,37)(H,38,39)(H,31,33,40)/b34-21-/t17-,18-,20+/m1/s1. The molecule has 2 fully saturated rings. The quantitative estimate of drug-likeness (QED) is 0.139. The van der Waals surface area contributed by atoms with Crippen LogP contribution in [-0.4, -0.2) is 99.8 Å². The van der Waals surface area contributed by atoms with Crippen molar-refractivity contribution in [1.82, 2.24) is 20.5 Å². The Balaban J connectivity index is 1.39. The Morgan fingerprint density at radius 1 is 1.17 bits per heavy atom. The first kappa shape index (κ1) is 34.1. The molecule has 2 aromatic rings. The number of ether oxygens (including phenoxy) is 3. The van der Waals surface area contributed by atoms with Gasteiger partial charge in [0.15, 0.2) is 10.8 Å². The molecule has 0 saturated carbocycles. The SMILES string of the molecule is CC(C)(C)OC(=O)Nc1nc(/C(=N/OC(C)(C)C(=O)O)C(=O)N[C@@H]2C(=O)N[C@@H]2CN2C[C@H](COCc3ccccc3)OC2=O)cs1. The van der Waals surface area contributed by atoms with Crippen molar-refractivity contribution in [2.24, 2.45) is 5.16 Å². The van der Waals surface area contributed by atoms with Gasteiger partial charge >= 0.3 is 18.2 Å². The van der Waals surface area contributed by atoms with E-state index >= 15 is 0 Å². The average molecular weight is 661 g/mol. The zero-order chi connectivity index (χ0) is 33.6. The molecule has 4 rings (SSSR count). The molecule has 0 radical (unpaired) electrons. The zero-order valence-electron chi connectivity index (χ0n) is 25.9. The monoisotopic (exact) mass is 660 g/mol. The van der Waals surface area contributed by atoms with Crippen LogP contribution in [0.15, 0.2) is 40.9 Å². The molecule has 1 aromatic heterocycles. The van der Waals surface area contributed by atoms with Crippen molar-refractivity contribution in [1.29, 1.82) is 0 Å². The van der Waals surface area contributed by atoms with Gasteiger partial charge in [-0.2, -0.15) is 0 Å². The minimum atomic E-state index is -1.81. The van der Waals surface area contributed by atoms with Crippen LogP contribution >= 0.6 is 11.3 Å². The van der Waals surface area contributed by atoms with Gasteiger partial charge in [-0.05, 0) is 40.2 Å². The summed E-state index contributed by atoms with van der Waals surface area (Å²) in [4.78, 5) is 72.9. The normalized spacial score (nSPS) is 19.9. The first-order chi connectivity index (χ1) is 21.6. The Kier molecular flexibility index (Phi) is 10.5. The van der Waals surface area contributed by atoms with E-state index in [1.54, 1.807) is 20.8 Å². The van der Waals surface area contributed by atoms with E-state index < -0.39 is 65.1 Å². The number of carbonyl (C=O) groups excluding carboxylic acids is 4. The van der Waals surface area contributed by atoms with Crippen LogP contribution in [0.5, 0.6) is 0 Å². The number of hydrogen-bond donors (Lipinski definition) is 4.